The molecule has 1 aromatic rings. The Kier molecular flexibility index (Phi) is 7.65. The van der Waals surface area contributed by atoms with Crippen LogP contribution in [-0.4, -0.2) is 92.2 Å². The lowest BCUT2D eigenvalue weighted by atomic mass is 10.3. The number of hydrogen-bond acceptors (Lipinski definition) is 6. The number of carbonyl (C=O) groups is 1. The fourth-order valence-electron chi connectivity index (χ4n) is 3.74. The molecule has 0 radical (unpaired) electrons. The van der Waals surface area contributed by atoms with Crippen molar-refractivity contribution in [2.24, 2.45) is 0 Å². The first kappa shape index (κ1) is 24.7. The molecule has 0 spiro atoms. The predicted octanol–water partition coefficient (Wildman–Crippen LogP) is 1.50. The second kappa shape index (κ2) is 9.91. The third-order valence-corrected chi connectivity index (χ3v) is 7.08. The fourth-order valence-corrected chi connectivity index (χ4v) is 5.49. The lowest BCUT2D eigenvalue weighted by Crippen LogP contribution is -2.57. The van der Waals surface area contributed by atoms with E-state index in [2.05, 4.69) is 10.1 Å². The van der Waals surface area contributed by atoms with E-state index in [1.807, 2.05) is 18.7 Å². The van der Waals surface area contributed by atoms with Gasteiger partial charge >= 0.3 is 6.36 Å². The predicted molar refractivity (Wildman–Crippen MR) is 110 cm³/mol. The Morgan fingerprint density at radius 2 is 1.62 bits per heavy atom. The van der Waals surface area contributed by atoms with Gasteiger partial charge in [-0.25, -0.2) is 0 Å². The molecule has 0 saturated carbocycles. The molecule has 3 rings (SSSR count). The first-order valence-corrected chi connectivity index (χ1v) is 11.6. The molecule has 0 aliphatic carbocycles. The molecular formula is C19H27F3N4O5S. The van der Waals surface area contributed by atoms with E-state index >= 15 is 0 Å². The SMILES string of the molecule is C[C@H]1CN(S(=O)(=O)N2CCN(CC(=O)Nc3ccc(OC(F)(F)F)cc3)CC2)C[C@H](C)O1. The van der Waals surface area contributed by atoms with Crippen molar-refractivity contribution in [3.63, 3.8) is 0 Å². The smallest absolute Gasteiger partial charge is 0.406 e. The number of carbonyl (C=O) groups excluding carboxylic acids is 1. The Balaban J connectivity index is 1.47. The van der Waals surface area contributed by atoms with Gasteiger partial charge < -0.3 is 14.8 Å². The normalized spacial score (nSPS) is 24.3. The molecule has 2 aliphatic heterocycles. The van der Waals surface area contributed by atoms with Gasteiger partial charge in [-0.3, -0.25) is 9.69 Å². The van der Waals surface area contributed by atoms with Gasteiger partial charge in [0.1, 0.15) is 5.75 Å². The molecule has 2 atom stereocenters. The van der Waals surface area contributed by atoms with Crippen LogP contribution in [0.5, 0.6) is 5.75 Å². The van der Waals surface area contributed by atoms with E-state index < -0.39 is 16.6 Å². The van der Waals surface area contributed by atoms with Crippen molar-refractivity contribution in [2.45, 2.75) is 32.4 Å². The van der Waals surface area contributed by atoms with Crippen LogP contribution in [0.1, 0.15) is 13.8 Å². The topological polar surface area (TPSA) is 91.4 Å². The zero-order valence-corrected chi connectivity index (χ0v) is 18.7. The molecule has 1 aromatic carbocycles. The van der Waals surface area contributed by atoms with Gasteiger partial charge in [0, 0.05) is 45.0 Å². The van der Waals surface area contributed by atoms with Gasteiger partial charge in [0.2, 0.25) is 5.91 Å². The van der Waals surface area contributed by atoms with Crippen LogP contribution < -0.4 is 10.1 Å². The number of nitrogens with zero attached hydrogens (tertiary/aromatic N) is 3. The monoisotopic (exact) mass is 480 g/mol. The molecule has 0 unspecified atom stereocenters. The minimum absolute atomic E-state index is 0.0420. The summed E-state index contributed by atoms with van der Waals surface area (Å²) in [6.45, 7) is 5.64. The summed E-state index contributed by atoms with van der Waals surface area (Å²) in [4.78, 5) is 14.1. The average molecular weight is 481 g/mol. The Hall–Kier alpha value is -1.93. The summed E-state index contributed by atoms with van der Waals surface area (Å²) in [7, 11) is -3.60. The Bertz CT molecular complexity index is 879. The van der Waals surface area contributed by atoms with Crippen LogP contribution in [-0.2, 0) is 19.7 Å². The number of amides is 1. The molecule has 2 fully saturated rings. The average Bonchev–Trinajstić information content (AvgIpc) is 2.68. The molecule has 13 heteroatoms. The molecule has 2 aliphatic rings. The van der Waals surface area contributed by atoms with Crippen molar-refractivity contribution < 1.29 is 35.9 Å². The first-order chi connectivity index (χ1) is 14.9. The summed E-state index contributed by atoms with van der Waals surface area (Å²) in [6, 6.07) is 4.85. The number of ether oxygens (including phenoxy) is 2. The fraction of sp³-hybridized carbons (Fsp3) is 0.632. The maximum Gasteiger partial charge on any atom is 0.573 e. The van der Waals surface area contributed by atoms with Crippen molar-refractivity contribution in [3.05, 3.63) is 24.3 Å². The zero-order valence-electron chi connectivity index (χ0n) is 17.8. The maximum absolute atomic E-state index is 12.9. The summed E-state index contributed by atoms with van der Waals surface area (Å²) in [5, 5.41) is 2.61. The molecule has 0 aromatic heterocycles. The molecule has 1 amide bonds. The van der Waals surface area contributed by atoms with Crippen LogP contribution in [0.25, 0.3) is 0 Å². The second-order valence-electron chi connectivity index (χ2n) is 7.88. The van der Waals surface area contributed by atoms with Gasteiger partial charge in [-0.1, -0.05) is 0 Å². The third kappa shape index (κ3) is 6.78. The number of piperazine rings is 1. The van der Waals surface area contributed by atoms with Crippen LogP contribution in [0.15, 0.2) is 24.3 Å². The van der Waals surface area contributed by atoms with Crippen molar-refractivity contribution in [3.8, 4) is 5.75 Å². The molecule has 1 N–H and O–H groups in total. The van der Waals surface area contributed by atoms with Crippen LogP contribution in [0.3, 0.4) is 0 Å². The van der Waals surface area contributed by atoms with Gasteiger partial charge in [-0.15, -0.1) is 13.2 Å². The Morgan fingerprint density at radius 3 is 2.16 bits per heavy atom. The van der Waals surface area contributed by atoms with Crippen molar-refractivity contribution in [1.29, 1.82) is 0 Å². The van der Waals surface area contributed by atoms with E-state index in [0.717, 1.165) is 12.1 Å². The van der Waals surface area contributed by atoms with Gasteiger partial charge in [0.15, 0.2) is 0 Å². The van der Waals surface area contributed by atoms with E-state index in [1.165, 1.54) is 20.7 Å². The number of nitrogens with one attached hydrogen (secondary N) is 1. The number of rotatable bonds is 6. The number of benzene rings is 1. The zero-order chi connectivity index (χ0) is 23.5. The number of alkyl halides is 3. The maximum atomic E-state index is 12.9. The largest absolute Gasteiger partial charge is 0.573 e. The molecule has 180 valence electrons. The minimum Gasteiger partial charge on any atom is -0.406 e. The standard InChI is InChI=1S/C19H27F3N4O5S/c1-14-11-26(12-15(2)30-14)32(28,29)25-9-7-24(8-10-25)13-18(27)23-16-3-5-17(6-4-16)31-19(20,21)22/h3-6,14-15H,7-13H2,1-2H3,(H,23,27)/t14-,15-/m0/s1. The quantitative estimate of drug-likeness (QED) is 0.664. The highest BCUT2D eigenvalue weighted by Crippen LogP contribution is 2.24. The van der Waals surface area contributed by atoms with Crippen LogP contribution in [0.2, 0.25) is 0 Å². The minimum atomic E-state index is -4.78. The van der Waals surface area contributed by atoms with E-state index in [4.69, 9.17) is 4.74 Å². The summed E-state index contributed by atoms with van der Waals surface area (Å²) in [5.41, 5.74) is 0.335. The van der Waals surface area contributed by atoms with Gasteiger partial charge in [-0.05, 0) is 38.1 Å². The highest BCUT2D eigenvalue weighted by atomic mass is 32.2. The van der Waals surface area contributed by atoms with Crippen LogP contribution >= 0.6 is 0 Å². The van der Waals surface area contributed by atoms with Crippen molar-refractivity contribution >= 4 is 21.8 Å². The lowest BCUT2D eigenvalue weighted by Gasteiger charge is -2.40. The highest BCUT2D eigenvalue weighted by Gasteiger charge is 2.37. The Labute approximate surface area is 185 Å². The lowest BCUT2D eigenvalue weighted by molar-refractivity contribution is -0.274. The van der Waals surface area contributed by atoms with Gasteiger partial charge in [0.25, 0.3) is 10.2 Å². The number of anilines is 1. The third-order valence-electron chi connectivity index (χ3n) is 5.11. The number of morpholine rings is 1. The van der Waals surface area contributed by atoms with Crippen molar-refractivity contribution in [1.82, 2.24) is 13.5 Å². The molecule has 9 nitrogen and oxygen atoms in total. The Morgan fingerprint density at radius 1 is 1.06 bits per heavy atom. The van der Waals surface area contributed by atoms with E-state index in [-0.39, 0.29) is 43.5 Å². The molecule has 2 saturated heterocycles. The molecule has 0 bridgehead atoms. The number of hydrogen-bond donors (Lipinski definition) is 1. The summed E-state index contributed by atoms with van der Waals surface area (Å²) in [5.74, 6) is -0.724. The highest BCUT2D eigenvalue weighted by molar-refractivity contribution is 7.86. The van der Waals surface area contributed by atoms with Crippen molar-refractivity contribution in [2.75, 3.05) is 51.1 Å². The van der Waals surface area contributed by atoms with E-state index in [9.17, 15) is 26.4 Å². The first-order valence-electron chi connectivity index (χ1n) is 10.2. The summed E-state index contributed by atoms with van der Waals surface area (Å²) >= 11 is 0. The van der Waals surface area contributed by atoms with Crippen LogP contribution in [0, 0.1) is 0 Å². The van der Waals surface area contributed by atoms with Gasteiger partial charge in [0.05, 0.1) is 18.8 Å². The van der Waals surface area contributed by atoms with Crippen LogP contribution in [0.4, 0.5) is 18.9 Å². The molecule has 2 heterocycles. The summed E-state index contributed by atoms with van der Waals surface area (Å²) < 4.78 is 74.7. The number of halogens is 3. The molecular weight excluding hydrogens is 453 g/mol. The van der Waals surface area contributed by atoms with Gasteiger partial charge in [-0.2, -0.15) is 17.0 Å². The second-order valence-corrected chi connectivity index (χ2v) is 9.81. The molecule has 32 heavy (non-hydrogen) atoms. The van der Waals surface area contributed by atoms with E-state index in [0.29, 0.717) is 31.9 Å². The van der Waals surface area contributed by atoms with E-state index in [1.54, 1.807) is 0 Å². The summed E-state index contributed by atoms with van der Waals surface area (Å²) in [6.07, 6.45) is -5.13.